The second kappa shape index (κ2) is 3.93. The van der Waals surface area contributed by atoms with Crippen molar-refractivity contribution in [2.75, 3.05) is 0 Å². The summed E-state index contributed by atoms with van der Waals surface area (Å²) in [5.74, 6) is -0.475. The SMILES string of the molecule is CC(=CO)C(=O)OC(C)C. The van der Waals surface area contributed by atoms with Crippen molar-refractivity contribution in [2.24, 2.45) is 0 Å². The van der Waals surface area contributed by atoms with E-state index < -0.39 is 5.97 Å². The largest absolute Gasteiger partial charge is 0.515 e. The Hall–Kier alpha value is -0.990. The van der Waals surface area contributed by atoms with Crippen molar-refractivity contribution in [3.05, 3.63) is 11.8 Å². The predicted octanol–water partition coefficient (Wildman–Crippen LogP) is 1.40. The van der Waals surface area contributed by atoms with Crippen molar-refractivity contribution < 1.29 is 14.6 Å². The van der Waals surface area contributed by atoms with Gasteiger partial charge in [-0.1, -0.05) is 0 Å². The molecule has 0 aliphatic carbocycles. The highest BCUT2D eigenvalue weighted by molar-refractivity contribution is 5.87. The van der Waals surface area contributed by atoms with Gasteiger partial charge in [0.1, 0.15) is 0 Å². The number of carbonyl (C=O) groups is 1. The molecule has 1 N–H and O–H groups in total. The molecule has 0 rings (SSSR count). The normalized spacial score (nSPS) is 11.8. The molecule has 0 saturated heterocycles. The lowest BCUT2D eigenvalue weighted by atomic mass is 10.3. The standard InChI is InChI=1S/C7H12O3/c1-5(2)10-7(9)6(3)4-8/h4-5,8H,1-3H3. The topological polar surface area (TPSA) is 46.5 Å². The first-order valence-corrected chi connectivity index (χ1v) is 3.10. The molecule has 0 heterocycles. The van der Waals surface area contributed by atoms with Crippen molar-refractivity contribution in [3.8, 4) is 0 Å². The molecule has 0 spiro atoms. The molecule has 0 unspecified atom stereocenters. The molecular weight excluding hydrogens is 132 g/mol. The average molecular weight is 144 g/mol. The van der Waals surface area contributed by atoms with Gasteiger partial charge >= 0.3 is 5.97 Å². The van der Waals surface area contributed by atoms with Crippen LogP contribution in [-0.4, -0.2) is 17.2 Å². The maximum atomic E-state index is 10.7. The van der Waals surface area contributed by atoms with E-state index in [-0.39, 0.29) is 11.7 Å². The molecule has 0 fully saturated rings. The van der Waals surface area contributed by atoms with E-state index in [0.29, 0.717) is 0 Å². The van der Waals surface area contributed by atoms with Crippen LogP contribution in [0, 0.1) is 0 Å². The van der Waals surface area contributed by atoms with E-state index >= 15 is 0 Å². The molecule has 0 aliphatic heterocycles. The average Bonchev–Trinajstić information content (AvgIpc) is 1.85. The zero-order chi connectivity index (χ0) is 8.15. The smallest absolute Gasteiger partial charge is 0.337 e. The van der Waals surface area contributed by atoms with Crippen LogP contribution in [0.15, 0.2) is 11.8 Å². The summed E-state index contributed by atoms with van der Waals surface area (Å²) in [5.41, 5.74) is 0.216. The highest BCUT2D eigenvalue weighted by atomic mass is 16.5. The molecule has 3 heteroatoms. The van der Waals surface area contributed by atoms with Crippen LogP contribution < -0.4 is 0 Å². The first-order valence-electron chi connectivity index (χ1n) is 3.10. The van der Waals surface area contributed by atoms with Gasteiger partial charge in [-0.05, 0) is 20.8 Å². The quantitative estimate of drug-likeness (QED) is 0.362. The maximum absolute atomic E-state index is 10.7. The van der Waals surface area contributed by atoms with Crippen LogP contribution in [0.3, 0.4) is 0 Å². The van der Waals surface area contributed by atoms with E-state index in [4.69, 9.17) is 9.84 Å². The van der Waals surface area contributed by atoms with Crippen molar-refractivity contribution in [1.82, 2.24) is 0 Å². The van der Waals surface area contributed by atoms with E-state index in [2.05, 4.69) is 0 Å². The van der Waals surface area contributed by atoms with Crippen LogP contribution in [0.25, 0.3) is 0 Å². The number of ether oxygens (including phenoxy) is 1. The molecule has 58 valence electrons. The third kappa shape index (κ3) is 3.12. The summed E-state index contributed by atoms with van der Waals surface area (Å²) < 4.78 is 4.74. The molecule has 10 heavy (non-hydrogen) atoms. The number of hydrogen-bond donors (Lipinski definition) is 1. The molecule has 0 atom stereocenters. The van der Waals surface area contributed by atoms with Crippen LogP contribution in [0.1, 0.15) is 20.8 Å². The minimum absolute atomic E-state index is 0.137. The van der Waals surface area contributed by atoms with Gasteiger partial charge < -0.3 is 9.84 Å². The summed E-state index contributed by atoms with van der Waals surface area (Å²) >= 11 is 0. The van der Waals surface area contributed by atoms with Gasteiger partial charge in [0, 0.05) is 0 Å². The van der Waals surface area contributed by atoms with Crippen LogP contribution in [-0.2, 0) is 9.53 Å². The van der Waals surface area contributed by atoms with E-state index in [0.717, 1.165) is 6.26 Å². The lowest BCUT2D eigenvalue weighted by molar-refractivity contribution is -0.142. The highest BCUT2D eigenvalue weighted by Crippen LogP contribution is 1.97. The van der Waals surface area contributed by atoms with Crippen LogP contribution >= 0.6 is 0 Å². The maximum Gasteiger partial charge on any atom is 0.337 e. The summed E-state index contributed by atoms with van der Waals surface area (Å²) in [5, 5.41) is 8.36. The zero-order valence-electron chi connectivity index (χ0n) is 6.42. The molecular formula is C7H12O3. The number of hydrogen-bond acceptors (Lipinski definition) is 3. The first kappa shape index (κ1) is 9.01. The number of aliphatic hydroxyl groups excluding tert-OH is 1. The van der Waals surface area contributed by atoms with E-state index in [1.807, 2.05) is 0 Å². The Bertz CT molecular complexity index is 147. The van der Waals surface area contributed by atoms with Gasteiger partial charge in [-0.2, -0.15) is 0 Å². The Balaban J connectivity index is 3.86. The summed E-state index contributed by atoms with van der Waals surface area (Å²) in [4.78, 5) is 10.7. The molecule has 0 amide bonds. The minimum atomic E-state index is -0.475. The summed E-state index contributed by atoms with van der Waals surface area (Å²) in [7, 11) is 0. The lowest BCUT2D eigenvalue weighted by Crippen LogP contribution is -2.11. The van der Waals surface area contributed by atoms with Gasteiger partial charge in [-0.25, -0.2) is 4.79 Å². The van der Waals surface area contributed by atoms with Crippen molar-refractivity contribution in [2.45, 2.75) is 26.9 Å². The fourth-order valence-corrected chi connectivity index (χ4v) is 0.360. The first-order chi connectivity index (χ1) is 4.57. The summed E-state index contributed by atoms with van der Waals surface area (Å²) in [6, 6.07) is 0. The molecule has 0 aromatic heterocycles. The Morgan fingerprint density at radius 2 is 2.10 bits per heavy atom. The Morgan fingerprint density at radius 1 is 1.60 bits per heavy atom. The fourth-order valence-electron chi connectivity index (χ4n) is 0.360. The monoisotopic (exact) mass is 144 g/mol. The van der Waals surface area contributed by atoms with E-state index in [1.165, 1.54) is 6.92 Å². The number of carbonyl (C=O) groups excluding carboxylic acids is 1. The van der Waals surface area contributed by atoms with Gasteiger partial charge in [0.2, 0.25) is 0 Å². The van der Waals surface area contributed by atoms with Gasteiger partial charge in [-0.3, -0.25) is 0 Å². The van der Waals surface area contributed by atoms with Gasteiger partial charge in [0.15, 0.2) is 0 Å². The molecule has 0 saturated carbocycles. The van der Waals surface area contributed by atoms with Gasteiger partial charge in [0.25, 0.3) is 0 Å². The van der Waals surface area contributed by atoms with Crippen LogP contribution in [0.4, 0.5) is 0 Å². The second-order valence-corrected chi connectivity index (χ2v) is 2.27. The molecule has 0 radical (unpaired) electrons. The third-order valence-electron chi connectivity index (χ3n) is 0.858. The van der Waals surface area contributed by atoms with Gasteiger partial charge in [-0.15, -0.1) is 0 Å². The fraction of sp³-hybridized carbons (Fsp3) is 0.571. The third-order valence-corrected chi connectivity index (χ3v) is 0.858. The number of esters is 1. The summed E-state index contributed by atoms with van der Waals surface area (Å²) in [6.45, 7) is 5.00. The van der Waals surface area contributed by atoms with Crippen molar-refractivity contribution in [1.29, 1.82) is 0 Å². The lowest BCUT2D eigenvalue weighted by Gasteiger charge is -2.06. The molecule has 0 aliphatic rings. The Kier molecular flexibility index (Phi) is 3.54. The number of aliphatic hydroxyl groups is 1. The molecule has 0 aromatic carbocycles. The molecule has 0 aromatic rings. The Morgan fingerprint density at radius 3 is 2.40 bits per heavy atom. The minimum Gasteiger partial charge on any atom is -0.515 e. The van der Waals surface area contributed by atoms with Crippen LogP contribution in [0.5, 0.6) is 0 Å². The number of rotatable bonds is 2. The van der Waals surface area contributed by atoms with Gasteiger partial charge in [0.05, 0.1) is 17.9 Å². The predicted molar refractivity (Wildman–Crippen MR) is 37.6 cm³/mol. The van der Waals surface area contributed by atoms with E-state index in [9.17, 15) is 4.79 Å². The zero-order valence-corrected chi connectivity index (χ0v) is 6.42. The van der Waals surface area contributed by atoms with Crippen LogP contribution in [0.2, 0.25) is 0 Å². The molecule has 3 nitrogen and oxygen atoms in total. The van der Waals surface area contributed by atoms with Crippen molar-refractivity contribution >= 4 is 5.97 Å². The second-order valence-electron chi connectivity index (χ2n) is 2.27. The van der Waals surface area contributed by atoms with Crippen molar-refractivity contribution in [3.63, 3.8) is 0 Å². The Labute approximate surface area is 60.3 Å². The van der Waals surface area contributed by atoms with E-state index in [1.54, 1.807) is 13.8 Å². The summed E-state index contributed by atoms with van der Waals surface area (Å²) in [6.07, 6.45) is 0.604. The molecule has 0 bridgehead atoms. The highest BCUT2D eigenvalue weighted by Gasteiger charge is 2.06.